The molecule has 2 aromatic heterocycles. The van der Waals surface area contributed by atoms with Gasteiger partial charge in [0.15, 0.2) is 0 Å². The van der Waals surface area contributed by atoms with Crippen molar-refractivity contribution in [3.05, 3.63) is 65.5 Å². The van der Waals surface area contributed by atoms with Gasteiger partial charge in [0.1, 0.15) is 5.65 Å². The summed E-state index contributed by atoms with van der Waals surface area (Å²) in [5, 5.41) is 2.87. The molecular formula is C21H23N3O. The van der Waals surface area contributed by atoms with E-state index in [4.69, 9.17) is 4.98 Å². The van der Waals surface area contributed by atoms with Crippen LogP contribution in [0.5, 0.6) is 0 Å². The number of carbonyl (C=O) groups excluding carboxylic acids is 1. The maximum absolute atomic E-state index is 12.0. The van der Waals surface area contributed by atoms with Crippen LogP contribution in [0.1, 0.15) is 30.7 Å². The minimum Gasteiger partial charge on any atom is -0.350 e. The standard InChI is InChI=1S/C21H23N3O/c1-14(2)22-20(25)10-9-18-21(17-7-5-15(3)6-8-17)23-19-13-16(4)11-12-24(18)19/h5-14H,1-4H3,(H,22,25)/b10-9+. The highest BCUT2D eigenvalue weighted by Crippen LogP contribution is 2.26. The average molecular weight is 333 g/mol. The third-order valence-electron chi connectivity index (χ3n) is 3.97. The Bertz CT molecular complexity index is 934. The van der Waals surface area contributed by atoms with Crippen molar-refractivity contribution in [2.75, 3.05) is 0 Å². The second kappa shape index (κ2) is 6.93. The van der Waals surface area contributed by atoms with Gasteiger partial charge in [-0.2, -0.15) is 0 Å². The van der Waals surface area contributed by atoms with E-state index in [1.165, 1.54) is 5.56 Å². The van der Waals surface area contributed by atoms with Gasteiger partial charge in [0, 0.05) is 23.9 Å². The second-order valence-corrected chi connectivity index (χ2v) is 6.64. The fourth-order valence-electron chi connectivity index (χ4n) is 2.74. The normalized spacial score (nSPS) is 11.6. The van der Waals surface area contributed by atoms with Crippen LogP contribution in [0, 0.1) is 13.8 Å². The highest BCUT2D eigenvalue weighted by atomic mass is 16.1. The molecule has 2 heterocycles. The number of aromatic nitrogens is 2. The first-order valence-electron chi connectivity index (χ1n) is 8.48. The van der Waals surface area contributed by atoms with Crippen LogP contribution in [0.15, 0.2) is 48.7 Å². The summed E-state index contributed by atoms with van der Waals surface area (Å²) in [6.45, 7) is 8.00. The SMILES string of the molecule is Cc1ccc(-c2nc3cc(C)ccn3c2/C=C/C(=O)NC(C)C)cc1. The largest absolute Gasteiger partial charge is 0.350 e. The number of hydrogen-bond donors (Lipinski definition) is 1. The first-order valence-corrected chi connectivity index (χ1v) is 8.48. The Morgan fingerprint density at radius 2 is 1.84 bits per heavy atom. The Labute approximate surface area is 148 Å². The number of nitrogens with one attached hydrogen (secondary N) is 1. The lowest BCUT2D eigenvalue weighted by Gasteiger charge is -2.05. The molecule has 0 aliphatic rings. The summed E-state index contributed by atoms with van der Waals surface area (Å²) in [6, 6.07) is 12.5. The molecule has 0 radical (unpaired) electrons. The van der Waals surface area contributed by atoms with Crippen LogP contribution in [0.2, 0.25) is 0 Å². The van der Waals surface area contributed by atoms with Gasteiger partial charge in [0.2, 0.25) is 5.91 Å². The number of nitrogens with zero attached hydrogens (tertiary/aromatic N) is 2. The molecule has 128 valence electrons. The van der Waals surface area contributed by atoms with E-state index in [1.807, 2.05) is 49.6 Å². The summed E-state index contributed by atoms with van der Waals surface area (Å²) in [7, 11) is 0. The number of amides is 1. The third-order valence-corrected chi connectivity index (χ3v) is 3.97. The Morgan fingerprint density at radius 1 is 1.12 bits per heavy atom. The number of aryl methyl sites for hydroxylation is 2. The molecule has 0 saturated heterocycles. The molecule has 4 heteroatoms. The van der Waals surface area contributed by atoms with Crippen molar-refractivity contribution in [3.8, 4) is 11.3 Å². The Hall–Kier alpha value is -2.88. The van der Waals surface area contributed by atoms with Gasteiger partial charge in [0.25, 0.3) is 0 Å². The van der Waals surface area contributed by atoms with Crippen LogP contribution in [0.25, 0.3) is 23.0 Å². The molecule has 0 fully saturated rings. The molecule has 0 bridgehead atoms. The summed E-state index contributed by atoms with van der Waals surface area (Å²) < 4.78 is 2.02. The lowest BCUT2D eigenvalue weighted by atomic mass is 10.1. The molecule has 1 amide bonds. The Kier molecular flexibility index (Phi) is 4.70. The lowest BCUT2D eigenvalue weighted by molar-refractivity contribution is -0.116. The van der Waals surface area contributed by atoms with Crippen molar-refractivity contribution in [1.82, 2.24) is 14.7 Å². The van der Waals surface area contributed by atoms with Crippen LogP contribution in [-0.4, -0.2) is 21.3 Å². The van der Waals surface area contributed by atoms with Crippen LogP contribution in [0.4, 0.5) is 0 Å². The first-order chi connectivity index (χ1) is 11.9. The Balaban J connectivity index is 2.10. The molecule has 25 heavy (non-hydrogen) atoms. The van der Waals surface area contributed by atoms with Crippen LogP contribution in [-0.2, 0) is 4.79 Å². The van der Waals surface area contributed by atoms with Gasteiger partial charge >= 0.3 is 0 Å². The molecule has 3 rings (SSSR count). The maximum atomic E-state index is 12.0. The summed E-state index contributed by atoms with van der Waals surface area (Å²) in [4.78, 5) is 16.8. The lowest BCUT2D eigenvalue weighted by Crippen LogP contribution is -2.28. The van der Waals surface area contributed by atoms with Crippen molar-refractivity contribution >= 4 is 17.6 Å². The summed E-state index contributed by atoms with van der Waals surface area (Å²) in [5.74, 6) is -0.105. The van der Waals surface area contributed by atoms with E-state index in [9.17, 15) is 4.79 Å². The molecule has 0 atom stereocenters. The predicted octanol–water partition coefficient (Wildman–Crippen LogP) is 4.16. The van der Waals surface area contributed by atoms with Gasteiger partial charge < -0.3 is 5.32 Å². The number of hydrogen-bond acceptors (Lipinski definition) is 2. The quantitative estimate of drug-likeness (QED) is 0.729. The van der Waals surface area contributed by atoms with Gasteiger partial charge in [-0.25, -0.2) is 4.98 Å². The van der Waals surface area contributed by atoms with E-state index in [2.05, 4.69) is 36.5 Å². The Morgan fingerprint density at radius 3 is 2.52 bits per heavy atom. The van der Waals surface area contributed by atoms with Crippen LogP contribution < -0.4 is 5.32 Å². The van der Waals surface area contributed by atoms with E-state index in [0.717, 1.165) is 28.2 Å². The summed E-state index contributed by atoms with van der Waals surface area (Å²) in [5.41, 5.74) is 6.05. The highest BCUT2D eigenvalue weighted by molar-refractivity contribution is 5.93. The molecule has 0 aliphatic carbocycles. The molecule has 0 saturated carbocycles. The number of benzene rings is 1. The monoisotopic (exact) mass is 333 g/mol. The topological polar surface area (TPSA) is 46.4 Å². The number of fused-ring (bicyclic) bond motifs is 1. The zero-order valence-corrected chi connectivity index (χ0v) is 15.1. The van der Waals surface area contributed by atoms with Crippen molar-refractivity contribution in [3.63, 3.8) is 0 Å². The van der Waals surface area contributed by atoms with Crippen LogP contribution in [0.3, 0.4) is 0 Å². The number of imidazole rings is 1. The molecule has 0 aliphatic heterocycles. The zero-order chi connectivity index (χ0) is 18.0. The molecule has 0 unspecified atom stereocenters. The smallest absolute Gasteiger partial charge is 0.244 e. The van der Waals surface area contributed by atoms with E-state index in [-0.39, 0.29) is 11.9 Å². The molecular weight excluding hydrogens is 310 g/mol. The third kappa shape index (κ3) is 3.79. The zero-order valence-electron chi connectivity index (χ0n) is 15.1. The fraction of sp³-hybridized carbons (Fsp3) is 0.238. The van der Waals surface area contributed by atoms with Gasteiger partial charge in [-0.3, -0.25) is 9.20 Å². The summed E-state index contributed by atoms with van der Waals surface area (Å²) >= 11 is 0. The molecule has 3 aromatic rings. The summed E-state index contributed by atoms with van der Waals surface area (Å²) in [6.07, 6.45) is 5.40. The second-order valence-electron chi connectivity index (χ2n) is 6.64. The van der Waals surface area contributed by atoms with Crippen molar-refractivity contribution < 1.29 is 4.79 Å². The van der Waals surface area contributed by atoms with Crippen molar-refractivity contribution in [1.29, 1.82) is 0 Å². The van der Waals surface area contributed by atoms with Gasteiger partial charge in [-0.05, 0) is 51.5 Å². The first kappa shape index (κ1) is 17.0. The molecule has 0 spiro atoms. The fourth-order valence-corrected chi connectivity index (χ4v) is 2.74. The maximum Gasteiger partial charge on any atom is 0.244 e. The molecule has 1 aromatic carbocycles. The van der Waals surface area contributed by atoms with E-state index in [1.54, 1.807) is 6.08 Å². The van der Waals surface area contributed by atoms with E-state index in [0.29, 0.717) is 0 Å². The van der Waals surface area contributed by atoms with Gasteiger partial charge in [-0.15, -0.1) is 0 Å². The van der Waals surface area contributed by atoms with Gasteiger partial charge in [-0.1, -0.05) is 29.8 Å². The number of rotatable bonds is 4. The minimum absolute atomic E-state index is 0.105. The molecule has 4 nitrogen and oxygen atoms in total. The average Bonchev–Trinajstić information content (AvgIpc) is 2.90. The van der Waals surface area contributed by atoms with Crippen molar-refractivity contribution in [2.45, 2.75) is 33.7 Å². The van der Waals surface area contributed by atoms with Crippen molar-refractivity contribution in [2.24, 2.45) is 0 Å². The highest BCUT2D eigenvalue weighted by Gasteiger charge is 2.12. The number of carbonyl (C=O) groups is 1. The minimum atomic E-state index is -0.105. The van der Waals surface area contributed by atoms with E-state index >= 15 is 0 Å². The van der Waals surface area contributed by atoms with E-state index < -0.39 is 0 Å². The predicted molar refractivity (Wildman–Crippen MR) is 102 cm³/mol. The van der Waals surface area contributed by atoms with Crippen LogP contribution >= 0.6 is 0 Å². The molecule has 1 N–H and O–H groups in total. The van der Waals surface area contributed by atoms with Gasteiger partial charge in [0.05, 0.1) is 11.4 Å². The number of pyridine rings is 1.